The predicted octanol–water partition coefficient (Wildman–Crippen LogP) is -1.70. The Hall–Kier alpha value is -1.22. The zero-order valence-electron chi connectivity index (χ0n) is 9.46. The summed E-state index contributed by atoms with van der Waals surface area (Å²) in [4.78, 5) is 13.8. The second-order valence-corrected chi connectivity index (χ2v) is 4.02. The highest BCUT2D eigenvalue weighted by atomic mass is 16.6. The molecule has 0 aromatic heterocycles. The van der Waals surface area contributed by atoms with E-state index >= 15 is 0 Å². The van der Waals surface area contributed by atoms with Crippen LogP contribution in [0.25, 0.3) is 10.4 Å². The van der Waals surface area contributed by atoms with Crippen molar-refractivity contribution in [3.8, 4) is 0 Å². The van der Waals surface area contributed by atoms with E-state index in [1.807, 2.05) is 0 Å². The molecule has 0 aromatic rings. The van der Waals surface area contributed by atoms with Crippen LogP contribution in [-0.2, 0) is 9.53 Å². The Kier molecular flexibility index (Phi) is 5.48. The molecule has 1 aliphatic rings. The van der Waals surface area contributed by atoms with Crippen LogP contribution in [0.4, 0.5) is 0 Å². The van der Waals surface area contributed by atoms with Gasteiger partial charge in [0.2, 0.25) is 0 Å². The highest BCUT2D eigenvalue weighted by Gasteiger charge is 2.43. The van der Waals surface area contributed by atoms with Gasteiger partial charge in [-0.25, -0.2) is 0 Å². The molecule has 9 nitrogen and oxygen atoms in total. The van der Waals surface area contributed by atoms with Crippen molar-refractivity contribution in [3.05, 3.63) is 10.4 Å². The number of carbonyl (C=O) groups excluding carboxylic acids is 1. The SMILES string of the molecule is [N-]=[N+]=NCC(=O)CC1[C@H](O)OC(CO)[C@@H](O)[C@@H]1O. The zero-order valence-corrected chi connectivity index (χ0v) is 9.46. The number of hydrogen-bond acceptors (Lipinski definition) is 7. The quantitative estimate of drug-likeness (QED) is 0.262. The van der Waals surface area contributed by atoms with E-state index in [0.717, 1.165) is 0 Å². The predicted molar refractivity (Wildman–Crippen MR) is 57.1 cm³/mol. The number of Topliss-reactive ketones (excluding diaryl/α,β-unsaturated/α-hetero) is 1. The summed E-state index contributed by atoms with van der Waals surface area (Å²) in [6.45, 7) is -0.958. The highest BCUT2D eigenvalue weighted by molar-refractivity contribution is 5.80. The van der Waals surface area contributed by atoms with Gasteiger partial charge in [-0.05, 0) is 5.53 Å². The number of ketones is 1. The normalized spacial score (nSPS) is 35.9. The number of rotatable bonds is 5. The summed E-state index contributed by atoms with van der Waals surface area (Å²) >= 11 is 0. The van der Waals surface area contributed by atoms with Crippen molar-refractivity contribution in [1.82, 2.24) is 0 Å². The van der Waals surface area contributed by atoms with Gasteiger partial charge in [0.1, 0.15) is 18.0 Å². The van der Waals surface area contributed by atoms with E-state index in [1.165, 1.54) is 0 Å². The molecule has 0 amide bonds. The highest BCUT2D eigenvalue weighted by Crippen LogP contribution is 2.27. The van der Waals surface area contributed by atoms with Gasteiger partial charge in [-0.15, -0.1) is 0 Å². The Morgan fingerprint density at radius 2 is 2.00 bits per heavy atom. The minimum atomic E-state index is -1.48. The third-order valence-electron chi connectivity index (χ3n) is 2.80. The fourth-order valence-electron chi connectivity index (χ4n) is 1.81. The van der Waals surface area contributed by atoms with Gasteiger partial charge in [0, 0.05) is 17.3 Å². The van der Waals surface area contributed by atoms with Crippen LogP contribution in [-0.4, -0.2) is 64.0 Å². The Bertz CT molecular complexity index is 345. The third-order valence-corrected chi connectivity index (χ3v) is 2.80. The third kappa shape index (κ3) is 3.39. The molecule has 0 saturated carbocycles. The van der Waals surface area contributed by atoms with Crippen molar-refractivity contribution in [1.29, 1.82) is 0 Å². The summed E-state index contributed by atoms with van der Waals surface area (Å²) in [6, 6.07) is 0. The maximum Gasteiger partial charge on any atom is 0.160 e. The Morgan fingerprint density at radius 1 is 1.33 bits per heavy atom. The molecule has 5 atom stereocenters. The molecule has 102 valence electrons. The van der Waals surface area contributed by atoms with E-state index in [2.05, 4.69) is 10.0 Å². The van der Waals surface area contributed by atoms with Crippen LogP contribution in [0.2, 0.25) is 0 Å². The van der Waals surface area contributed by atoms with Crippen molar-refractivity contribution in [2.45, 2.75) is 31.0 Å². The number of carbonyl (C=O) groups is 1. The Morgan fingerprint density at radius 3 is 2.56 bits per heavy atom. The summed E-state index contributed by atoms with van der Waals surface area (Å²) in [7, 11) is 0. The first kappa shape index (κ1) is 14.8. The molecule has 0 bridgehead atoms. The molecule has 4 N–H and O–H groups in total. The van der Waals surface area contributed by atoms with Crippen molar-refractivity contribution in [2.75, 3.05) is 13.2 Å². The molecule has 2 unspecified atom stereocenters. The molecule has 1 heterocycles. The molecule has 1 aliphatic heterocycles. The molecule has 0 aromatic carbocycles. The molecule has 9 heteroatoms. The van der Waals surface area contributed by atoms with Crippen LogP contribution in [0, 0.1) is 5.92 Å². The minimum Gasteiger partial charge on any atom is -0.394 e. The van der Waals surface area contributed by atoms with E-state index in [-0.39, 0.29) is 6.42 Å². The number of ether oxygens (including phenoxy) is 1. The van der Waals surface area contributed by atoms with E-state index in [1.54, 1.807) is 0 Å². The van der Waals surface area contributed by atoms with E-state index in [0.29, 0.717) is 0 Å². The second kappa shape index (κ2) is 6.64. The average molecular weight is 261 g/mol. The van der Waals surface area contributed by atoms with Gasteiger partial charge in [0.05, 0.1) is 19.3 Å². The van der Waals surface area contributed by atoms with Crippen LogP contribution in [0.15, 0.2) is 5.11 Å². The summed E-state index contributed by atoms with van der Waals surface area (Å²) in [5.74, 6) is -1.52. The molecular formula is C9H15N3O6. The first-order valence-corrected chi connectivity index (χ1v) is 5.34. The van der Waals surface area contributed by atoms with Crippen LogP contribution < -0.4 is 0 Å². The summed E-state index contributed by atoms with van der Waals surface area (Å²) in [6.07, 6.45) is -5.66. The number of nitrogens with zero attached hydrogens (tertiary/aromatic N) is 3. The number of aliphatic hydroxyl groups excluding tert-OH is 4. The fraction of sp³-hybridized carbons (Fsp3) is 0.889. The zero-order chi connectivity index (χ0) is 13.7. The molecule has 1 saturated heterocycles. The maximum atomic E-state index is 11.3. The molecular weight excluding hydrogens is 246 g/mol. The Labute approximate surface area is 102 Å². The topological polar surface area (TPSA) is 156 Å². The minimum absolute atomic E-state index is 0.295. The molecule has 18 heavy (non-hydrogen) atoms. The lowest BCUT2D eigenvalue weighted by molar-refractivity contribution is -0.269. The van der Waals surface area contributed by atoms with Crippen LogP contribution >= 0.6 is 0 Å². The first-order chi connectivity index (χ1) is 8.51. The van der Waals surface area contributed by atoms with Gasteiger partial charge in [-0.1, -0.05) is 5.11 Å². The fourth-order valence-corrected chi connectivity index (χ4v) is 1.81. The van der Waals surface area contributed by atoms with Crippen LogP contribution in [0.5, 0.6) is 0 Å². The average Bonchev–Trinajstić information content (AvgIpc) is 2.36. The van der Waals surface area contributed by atoms with Crippen molar-refractivity contribution in [2.24, 2.45) is 11.0 Å². The van der Waals surface area contributed by atoms with Gasteiger partial charge in [0.15, 0.2) is 6.29 Å². The summed E-state index contributed by atoms with van der Waals surface area (Å²) in [5.41, 5.74) is 8.05. The molecule has 1 rings (SSSR count). The smallest absolute Gasteiger partial charge is 0.160 e. The van der Waals surface area contributed by atoms with Crippen molar-refractivity contribution in [3.63, 3.8) is 0 Å². The Balaban J connectivity index is 2.64. The standard InChI is InChI=1S/C9H15N3O6/c10-12-11-2-4(14)1-5-7(15)8(16)6(3-13)18-9(5)17/h5-9,13,15-17H,1-3H2/t5?,6?,7-,8-,9-/m1/s1. The summed E-state index contributed by atoms with van der Waals surface area (Å²) < 4.78 is 4.88. The largest absolute Gasteiger partial charge is 0.394 e. The first-order valence-electron chi connectivity index (χ1n) is 5.34. The molecule has 0 aliphatic carbocycles. The van der Waals surface area contributed by atoms with Gasteiger partial charge >= 0.3 is 0 Å². The van der Waals surface area contributed by atoms with Crippen molar-refractivity contribution < 1.29 is 30.0 Å². The van der Waals surface area contributed by atoms with E-state index in [4.69, 9.17) is 15.4 Å². The van der Waals surface area contributed by atoms with E-state index < -0.39 is 49.5 Å². The molecule has 1 fully saturated rings. The van der Waals surface area contributed by atoms with Crippen LogP contribution in [0.3, 0.4) is 0 Å². The monoisotopic (exact) mass is 261 g/mol. The second-order valence-electron chi connectivity index (χ2n) is 4.02. The van der Waals surface area contributed by atoms with Gasteiger partial charge in [-0.2, -0.15) is 0 Å². The van der Waals surface area contributed by atoms with Gasteiger partial charge in [0.25, 0.3) is 0 Å². The summed E-state index contributed by atoms with van der Waals surface area (Å²) in [5, 5.41) is 40.8. The van der Waals surface area contributed by atoms with E-state index in [9.17, 15) is 20.1 Å². The van der Waals surface area contributed by atoms with Crippen molar-refractivity contribution >= 4 is 5.78 Å². The lowest BCUT2D eigenvalue weighted by Gasteiger charge is -2.39. The van der Waals surface area contributed by atoms with Gasteiger partial charge in [-0.3, -0.25) is 4.79 Å². The number of hydrogen-bond donors (Lipinski definition) is 4. The van der Waals surface area contributed by atoms with Crippen LogP contribution in [0.1, 0.15) is 6.42 Å². The number of aliphatic hydroxyl groups is 4. The number of azide groups is 1. The molecule has 0 radical (unpaired) electrons. The van der Waals surface area contributed by atoms with Gasteiger partial charge < -0.3 is 25.2 Å². The lowest BCUT2D eigenvalue weighted by Crippen LogP contribution is -2.56. The lowest BCUT2D eigenvalue weighted by atomic mass is 9.87. The maximum absolute atomic E-state index is 11.3. The molecule has 0 spiro atoms.